The van der Waals surface area contributed by atoms with Crippen LogP contribution in [0.1, 0.15) is 98.0 Å². The van der Waals surface area contributed by atoms with Gasteiger partial charge in [-0.2, -0.15) is 0 Å². The van der Waals surface area contributed by atoms with Crippen LogP contribution in [0.4, 0.5) is 0 Å². The molecule has 225 valence electrons. The molecule has 0 atom stereocenters. The minimum absolute atomic E-state index is 0. The Bertz CT molecular complexity index is 1740. The number of halogens is 2. The Morgan fingerprint density at radius 2 is 1.30 bits per heavy atom. The Morgan fingerprint density at radius 3 is 1.80 bits per heavy atom. The predicted molar refractivity (Wildman–Crippen MR) is 179 cm³/mol. The Kier molecular flexibility index (Phi) is 10.4. The molecule has 4 aromatic carbocycles. The molecule has 2 aliphatic rings. The van der Waals surface area contributed by atoms with Crippen LogP contribution in [0.15, 0.2) is 91.0 Å². The van der Waals surface area contributed by atoms with E-state index in [1.54, 1.807) is 17.6 Å². The molecule has 0 saturated carbocycles. The van der Waals surface area contributed by atoms with Gasteiger partial charge >= 0.3 is 266 Å². The number of fused-ring (bicyclic) bond motifs is 3. The van der Waals surface area contributed by atoms with Crippen molar-refractivity contribution in [1.29, 1.82) is 0 Å². The van der Waals surface area contributed by atoms with Gasteiger partial charge in [-0.05, 0) is 0 Å². The summed E-state index contributed by atoms with van der Waals surface area (Å²) in [5, 5.41) is 0. The molecule has 0 nitrogen and oxygen atoms in total. The molecule has 0 heterocycles. The van der Waals surface area contributed by atoms with E-state index in [0.29, 0.717) is 0 Å². The first-order valence-electron chi connectivity index (χ1n) is 15.4. The van der Waals surface area contributed by atoms with E-state index in [-0.39, 0.29) is 35.6 Å². The Morgan fingerprint density at radius 1 is 0.705 bits per heavy atom. The van der Waals surface area contributed by atoms with Crippen LogP contribution in [0.5, 0.6) is 0 Å². The second-order valence-corrected chi connectivity index (χ2v) is 17.2. The van der Waals surface area contributed by atoms with Gasteiger partial charge in [0.1, 0.15) is 0 Å². The summed E-state index contributed by atoms with van der Waals surface area (Å²) in [7, 11) is 0. The standard InChI is InChI=1S/C28H33.C13H10.2ClH.Zr/c1-17-13-22(27(3,4)5)15-20-14-21-16-23(28(6,7)8)25(19-11-9-10-12-19)18(2)26(21)24(17)20;1-3-7-12(8-4-1)11-13-9-5-2-6-10-13;;;/h9-11,13,15H,12,14H2,1-8H3;1-10H;2*1H;/q;;;;+2/p-2. The molecule has 6 rings (SSSR count). The SMILES string of the molecule is Cc1cc(C(C)(C)C)cc2c1-c1c(C)c(C3=CC=CC3)c(C(C)(C)C)[c]([Zr+2]=[C](c3ccccc3)c3ccccc3)c1C2.[Cl-].[Cl-]. The average molecular weight is 698 g/mol. The summed E-state index contributed by atoms with van der Waals surface area (Å²) in [5.41, 5.74) is 18.1. The van der Waals surface area contributed by atoms with Gasteiger partial charge in [-0.3, -0.25) is 0 Å². The van der Waals surface area contributed by atoms with Gasteiger partial charge in [0.2, 0.25) is 0 Å². The monoisotopic (exact) mass is 695 g/mol. The van der Waals surface area contributed by atoms with Gasteiger partial charge in [-0.1, -0.05) is 0 Å². The zero-order valence-corrected chi connectivity index (χ0v) is 31.3. The van der Waals surface area contributed by atoms with Crippen LogP contribution in [0.3, 0.4) is 0 Å². The van der Waals surface area contributed by atoms with Crippen molar-refractivity contribution in [3.63, 3.8) is 0 Å². The van der Waals surface area contributed by atoms with Crippen molar-refractivity contribution in [2.45, 2.75) is 79.1 Å². The maximum Gasteiger partial charge on any atom is -1.00 e. The maximum absolute atomic E-state index is 2.53. The average Bonchev–Trinajstić information content (AvgIpc) is 3.61. The van der Waals surface area contributed by atoms with Crippen LogP contribution in [-0.2, 0) is 40.0 Å². The van der Waals surface area contributed by atoms with Gasteiger partial charge < -0.3 is 24.8 Å². The van der Waals surface area contributed by atoms with Gasteiger partial charge in [-0.25, -0.2) is 0 Å². The van der Waals surface area contributed by atoms with E-state index < -0.39 is 22.8 Å². The zero-order valence-electron chi connectivity index (χ0n) is 27.3. The predicted octanol–water partition coefficient (Wildman–Crippen LogP) is 3.80. The molecule has 3 heteroatoms. The third-order valence-electron chi connectivity index (χ3n) is 8.97. The summed E-state index contributed by atoms with van der Waals surface area (Å²) < 4.78 is 3.27. The molecule has 2 aliphatic carbocycles. The summed E-state index contributed by atoms with van der Waals surface area (Å²) in [4.78, 5) is 0. The van der Waals surface area contributed by atoms with Gasteiger partial charge in [-0.15, -0.1) is 0 Å². The summed E-state index contributed by atoms with van der Waals surface area (Å²) >= 11 is -1.29. The van der Waals surface area contributed by atoms with Crippen molar-refractivity contribution < 1.29 is 47.6 Å². The molecule has 0 unspecified atom stereocenters. The van der Waals surface area contributed by atoms with Crippen LogP contribution in [0, 0.1) is 13.8 Å². The molecular formula is C41H43Cl2Zr. The van der Waals surface area contributed by atoms with Gasteiger partial charge in [0.15, 0.2) is 0 Å². The van der Waals surface area contributed by atoms with Crippen molar-refractivity contribution in [2.75, 3.05) is 0 Å². The van der Waals surface area contributed by atoms with Crippen molar-refractivity contribution in [1.82, 2.24) is 0 Å². The van der Waals surface area contributed by atoms with Gasteiger partial charge in [0.05, 0.1) is 0 Å². The molecule has 0 fully saturated rings. The second-order valence-electron chi connectivity index (χ2n) is 14.2. The minimum Gasteiger partial charge on any atom is -1.00 e. The van der Waals surface area contributed by atoms with Crippen LogP contribution < -0.4 is 28.1 Å². The normalized spacial score (nSPS) is 13.3. The van der Waals surface area contributed by atoms with Crippen LogP contribution in [0.25, 0.3) is 16.7 Å². The minimum atomic E-state index is -1.29. The Hall–Kier alpha value is -2.31. The number of hydrogen-bond donors (Lipinski definition) is 0. The third kappa shape index (κ3) is 6.36. The molecule has 4 aromatic rings. The molecular weight excluding hydrogens is 655 g/mol. The topological polar surface area (TPSA) is 0 Å². The Labute approximate surface area is 289 Å². The third-order valence-corrected chi connectivity index (χ3v) is 13.0. The smallest absolute Gasteiger partial charge is 1.00 e. The molecule has 0 amide bonds. The number of rotatable bonds is 4. The van der Waals surface area contributed by atoms with Crippen molar-refractivity contribution in [2.24, 2.45) is 0 Å². The van der Waals surface area contributed by atoms with Crippen molar-refractivity contribution in [3.05, 3.63) is 141 Å². The number of benzene rings is 4. The van der Waals surface area contributed by atoms with Crippen molar-refractivity contribution >= 4 is 12.1 Å². The summed E-state index contributed by atoms with van der Waals surface area (Å²) in [5.74, 6) is 0. The summed E-state index contributed by atoms with van der Waals surface area (Å²) in [6, 6.07) is 27.4. The van der Waals surface area contributed by atoms with Crippen molar-refractivity contribution in [3.8, 4) is 11.1 Å². The Balaban J connectivity index is 0.00000221. The van der Waals surface area contributed by atoms with Crippen LogP contribution in [0.2, 0.25) is 0 Å². The first kappa shape index (κ1) is 34.6. The molecule has 0 aliphatic heterocycles. The van der Waals surface area contributed by atoms with E-state index in [2.05, 4.69) is 146 Å². The molecule has 44 heavy (non-hydrogen) atoms. The maximum atomic E-state index is 2.53. The van der Waals surface area contributed by atoms with Crippen LogP contribution in [-0.4, -0.2) is 3.21 Å². The fraction of sp³-hybridized carbons (Fsp3) is 0.293. The van der Waals surface area contributed by atoms with Gasteiger partial charge in [0, 0.05) is 0 Å². The van der Waals surface area contributed by atoms with E-state index in [9.17, 15) is 0 Å². The summed E-state index contributed by atoms with van der Waals surface area (Å²) in [6.45, 7) is 19.1. The largest absolute Gasteiger partial charge is 1.00 e. The van der Waals surface area contributed by atoms with E-state index >= 15 is 0 Å². The summed E-state index contributed by atoms with van der Waals surface area (Å²) in [6.07, 6.45) is 9.03. The first-order chi connectivity index (χ1) is 19.9. The second kappa shape index (κ2) is 13.2. The van der Waals surface area contributed by atoms with Gasteiger partial charge in [0.25, 0.3) is 0 Å². The molecule has 0 radical (unpaired) electrons. The number of hydrogen-bond acceptors (Lipinski definition) is 0. The molecule has 0 saturated heterocycles. The number of allylic oxidation sites excluding steroid dienone is 4. The molecule has 0 spiro atoms. The quantitative estimate of drug-likeness (QED) is 0.268. The van der Waals surface area contributed by atoms with Crippen LogP contribution >= 0.6 is 0 Å². The molecule has 0 aromatic heterocycles. The first-order valence-corrected chi connectivity index (χ1v) is 17.9. The van der Waals surface area contributed by atoms with E-state index in [1.165, 1.54) is 55.6 Å². The van der Waals surface area contributed by atoms with E-state index in [0.717, 1.165) is 12.8 Å². The molecule has 0 N–H and O–H groups in total. The fourth-order valence-electron chi connectivity index (χ4n) is 7.00. The number of aryl methyl sites for hydroxylation is 1. The zero-order chi connectivity index (χ0) is 29.8. The molecule has 0 bridgehead atoms. The van der Waals surface area contributed by atoms with E-state index in [1.807, 2.05) is 0 Å². The van der Waals surface area contributed by atoms with E-state index in [4.69, 9.17) is 0 Å². The fourth-order valence-corrected chi connectivity index (χ4v) is 11.6.